The van der Waals surface area contributed by atoms with E-state index in [1.165, 1.54) is 0 Å². The minimum absolute atomic E-state index is 0.0260. The van der Waals surface area contributed by atoms with Gasteiger partial charge in [0, 0.05) is 5.92 Å². The van der Waals surface area contributed by atoms with Gasteiger partial charge in [-0.3, -0.25) is 9.59 Å². The largest absolute Gasteiger partial charge is 0.460 e. The minimum Gasteiger partial charge on any atom is -0.460 e. The highest BCUT2D eigenvalue weighted by molar-refractivity contribution is 5.87. The number of rotatable bonds is 9. The molecule has 0 aromatic carbocycles. The molecule has 0 rings (SSSR count). The number of hydrogen-bond acceptors (Lipinski definition) is 4. The molecule has 0 fully saturated rings. The molecule has 0 aromatic rings. The summed E-state index contributed by atoms with van der Waals surface area (Å²) >= 11 is 0. The van der Waals surface area contributed by atoms with Crippen molar-refractivity contribution in [2.45, 2.75) is 79.9 Å². The lowest BCUT2D eigenvalue weighted by Gasteiger charge is -2.35. The summed E-state index contributed by atoms with van der Waals surface area (Å²) in [5.41, 5.74) is -1.61. The van der Waals surface area contributed by atoms with Crippen LogP contribution in [0, 0.1) is 23.2 Å². The lowest BCUT2D eigenvalue weighted by molar-refractivity contribution is -0.160. The second-order valence-electron chi connectivity index (χ2n) is 8.54. The van der Waals surface area contributed by atoms with Crippen molar-refractivity contribution in [1.82, 2.24) is 0 Å². The van der Waals surface area contributed by atoms with Gasteiger partial charge in [-0.25, -0.2) is 0 Å². The molecule has 0 aliphatic heterocycles. The van der Waals surface area contributed by atoms with Crippen molar-refractivity contribution in [1.29, 1.82) is 0 Å². The van der Waals surface area contributed by atoms with Gasteiger partial charge in [-0.2, -0.15) is 0 Å². The number of carbonyl (C=O) groups excluding carboxylic acids is 2. The fraction of sp³-hybridized carbons (Fsp3) is 0.800. The molecular weight excluding hydrogens is 304 g/mol. The van der Waals surface area contributed by atoms with Crippen LogP contribution in [-0.2, 0) is 14.3 Å². The summed E-state index contributed by atoms with van der Waals surface area (Å²) in [5, 5.41) is 10.4. The fourth-order valence-electron chi connectivity index (χ4n) is 2.76. The summed E-state index contributed by atoms with van der Waals surface area (Å²) in [6.07, 6.45) is 1.46. The van der Waals surface area contributed by atoms with E-state index in [-0.39, 0.29) is 24.0 Å². The second-order valence-corrected chi connectivity index (χ2v) is 8.54. The number of allylic oxidation sites excluding steroid dienone is 1. The van der Waals surface area contributed by atoms with Crippen LogP contribution < -0.4 is 0 Å². The molecule has 0 aromatic heterocycles. The molecule has 4 unspecified atom stereocenters. The van der Waals surface area contributed by atoms with Gasteiger partial charge in [-0.05, 0) is 39.0 Å². The van der Waals surface area contributed by atoms with Crippen LogP contribution in [0.3, 0.4) is 0 Å². The average Bonchev–Trinajstić information content (AvgIpc) is 2.42. The number of ketones is 1. The predicted octanol–water partition coefficient (Wildman–Crippen LogP) is 4.16. The van der Waals surface area contributed by atoms with Crippen LogP contribution in [0.25, 0.3) is 0 Å². The van der Waals surface area contributed by atoms with Gasteiger partial charge < -0.3 is 9.84 Å². The van der Waals surface area contributed by atoms with E-state index in [0.717, 1.165) is 6.42 Å². The van der Waals surface area contributed by atoms with Crippen LogP contribution >= 0.6 is 0 Å². The molecule has 4 nitrogen and oxygen atoms in total. The van der Waals surface area contributed by atoms with Gasteiger partial charge in [0.2, 0.25) is 0 Å². The monoisotopic (exact) mass is 340 g/mol. The zero-order valence-corrected chi connectivity index (χ0v) is 16.7. The lowest BCUT2D eigenvalue weighted by Crippen LogP contribution is -2.44. The first-order valence-electron chi connectivity index (χ1n) is 8.79. The molecule has 0 aliphatic rings. The van der Waals surface area contributed by atoms with Crippen LogP contribution in [0.15, 0.2) is 12.7 Å². The maximum Gasteiger partial charge on any atom is 0.308 e. The molecule has 140 valence electrons. The molecule has 24 heavy (non-hydrogen) atoms. The highest BCUT2D eigenvalue weighted by Gasteiger charge is 2.41. The van der Waals surface area contributed by atoms with Crippen molar-refractivity contribution in [2.24, 2.45) is 23.2 Å². The second kappa shape index (κ2) is 8.80. The summed E-state index contributed by atoms with van der Waals surface area (Å²) in [6, 6.07) is 0. The van der Waals surface area contributed by atoms with Crippen LogP contribution in [0.1, 0.15) is 68.2 Å². The molecule has 4 atom stereocenters. The summed E-state index contributed by atoms with van der Waals surface area (Å²) in [5.74, 6) is -0.217. The SMILES string of the molecule is C=CCC(C)C(C)C(C)C(=O)C(C)(C)C(O)CC(=O)OC(C)(C)C. The van der Waals surface area contributed by atoms with Gasteiger partial charge in [0.25, 0.3) is 0 Å². The predicted molar refractivity (Wildman–Crippen MR) is 97.6 cm³/mol. The Morgan fingerprint density at radius 1 is 1.12 bits per heavy atom. The number of ether oxygens (including phenoxy) is 1. The standard InChI is InChI=1S/C20H36O4/c1-10-11-13(2)14(3)15(4)18(23)20(8,9)16(21)12-17(22)24-19(5,6)7/h10,13-16,21H,1,11-12H2,2-9H3. The van der Waals surface area contributed by atoms with E-state index in [9.17, 15) is 14.7 Å². The number of aliphatic hydroxyl groups excluding tert-OH is 1. The molecule has 0 radical (unpaired) electrons. The zero-order valence-electron chi connectivity index (χ0n) is 16.7. The van der Waals surface area contributed by atoms with Crippen molar-refractivity contribution in [3.8, 4) is 0 Å². The molecule has 0 aliphatic carbocycles. The molecule has 4 heteroatoms. The first-order valence-corrected chi connectivity index (χ1v) is 8.79. The van der Waals surface area contributed by atoms with Gasteiger partial charge in [0.1, 0.15) is 11.4 Å². The lowest BCUT2D eigenvalue weighted by atomic mass is 9.70. The van der Waals surface area contributed by atoms with Crippen molar-refractivity contribution >= 4 is 11.8 Å². The molecule has 0 saturated heterocycles. The van der Waals surface area contributed by atoms with Crippen LogP contribution in [-0.4, -0.2) is 28.6 Å². The smallest absolute Gasteiger partial charge is 0.308 e. The van der Waals surface area contributed by atoms with E-state index in [2.05, 4.69) is 13.5 Å². The quantitative estimate of drug-likeness (QED) is 0.506. The van der Waals surface area contributed by atoms with Gasteiger partial charge in [-0.15, -0.1) is 6.58 Å². The summed E-state index contributed by atoms with van der Waals surface area (Å²) in [6.45, 7) is 18.5. The summed E-state index contributed by atoms with van der Waals surface area (Å²) < 4.78 is 5.24. The first kappa shape index (κ1) is 22.8. The van der Waals surface area contributed by atoms with Crippen molar-refractivity contribution in [2.75, 3.05) is 0 Å². The Balaban J connectivity index is 4.98. The zero-order chi connectivity index (χ0) is 19.3. The Hall–Kier alpha value is -1.16. The summed E-state index contributed by atoms with van der Waals surface area (Å²) in [4.78, 5) is 24.8. The normalized spacial score (nSPS) is 17.5. The number of aliphatic hydroxyl groups is 1. The molecule has 0 spiro atoms. The van der Waals surface area contributed by atoms with Gasteiger partial charge in [0.15, 0.2) is 0 Å². The van der Waals surface area contributed by atoms with Crippen LogP contribution in [0.2, 0.25) is 0 Å². The van der Waals surface area contributed by atoms with E-state index in [1.807, 2.05) is 19.9 Å². The third-order valence-electron chi connectivity index (χ3n) is 4.89. The van der Waals surface area contributed by atoms with Gasteiger partial charge in [0.05, 0.1) is 17.9 Å². The fourth-order valence-corrected chi connectivity index (χ4v) is 2.76. The molecule has 0 amide bonds. The van der Waals surface area contributed by atoms with E-state index in [1.54, 1.807) is 34.6 Å². The first-order chi connectivity index (χ1) is 10.7. The number of esters is 1. The Kier molecular flexibility index (Phi) is 8.37. The molecule has 0 heterocycles. The Morgan fingerprint density at radius 3 is 2.04 bits per heavy atom. The van der Waals surface area contributed by atoms with Crippen LogP contribution in [0.4, 0.5) is 0 Å². The highest BCUT2D eigenvalue weighted by atomic mass is 16.6. The highest BCUT2D eigenvalue weighted by Crippen LogP contribution is 2.34. The maximum absolute atomic E-state index is 12.9. The molecule has 1 N–H and O–H groups in total. The van der Waals surface area contributed by atoms with Crippen LogP contribution in [0.5, 0.6) is 0 Å². The average molecular weight is 341 g/mol. The number of Topliss-reactive ketones (excluding diaryl/α,β-unsaturated/α-hetero) is 1. The maximum atomic E-state index is 12.9. The van der Waals surface area contributed by atoms with E-state index >= 15 is 0 Å². The Morgan fingerprint density at radius 2 is 1.62 bits per heavy atom. The minimum atomic E-state index is -1.07. The molecular formula is C20H36O4. The van der Waals surface area contributed by atoms with E-state index < -0.39 is 23.1 Å². The molecule has 0 saturated carbocycles. The van der Waals surface area contributed by atoms with E-state index in [4.69, 9.17) is 4.74 Å². The summed E-state index contributed by atoms with van der Waals surface area (Å²) in [7, 11) is 0. The van der Waals surface area contributed by atoms with Gasteiger partial charge >= 0.3 is 5.97 Å². The van der Waals surface area contributed by atoms with Gasteiger partial charge in [-0.1, -0.05) is 40.7 Å². The molecule has 0 bridgehead atoms. The number of carbonyl (C=O) groups is 2. The van der Waals surface area contributed by atoms with E-state index in [0.29, 0.717) is 5.92 Å². The van der Waals surface area contributed by atoms with Crippen molar-refractivity contribution < 1.29 is 19.4 Å². The third-order valence-corrected chi connectivity index (χ3v) is 4.89. The Labute approximate surface area is 147 Å². The van der Waals surface area contributed by atoms with Crippen molar-refractivity contribution in [3.63, 3.8) is 0 Å². The topological polar surface area (TPSA) is 63.6 Å². The third kappa shape index (κ3) is 6.76. The Bertz CT molecular complexity index is 445. The van der Waals surface area contributed by atoms with Crippen molar-refractivity contribution in [3.05, 3.63) is 12.7 Å². The number of hydrogen-bond donors (Lipinski definition) is 1.